The molecule has 1 atom stereocenters. The molecule has 1 aliphatic rings. The Morgan fingerprint density at radius 3 is 2.56 bits per heavy atom. The Kier molecular flexibility index (Phi) is 6.65. The number of hydrazine groups is 1. The van der Waals surface area contributed by atoms with Gasteiger partial charge in [-0.25, -0.2) is 0 Å². The number of halogens is 1. The van der Waals surface area contributed by atoms with Crippen LogP contribution in [0.4, 0.5) is 5.69 Å². The molecule has 3 rings (SSSR count). The van der Waals surface area contributed by atoms with Crippen molar-refractivity contribution in [2.24, 2.45) is 0 Å². The highest BCUT2D eigenvalue weighted by Gasteiger charge is 2.28. The minimum atomic E-state index is -0.541. The molecule has 27 heavy (non-hydrogen) atoms. The first kappa shape index (κ1) is 19.6. The molecule has 0 aliphatic carbocycles. The van der Waals surface area contributed by atoms with Gasteiger partial charge in [0, 0.05) is 21.2 Å². The number of hydrogen-bond donors (Lipinski definition) is 3. The Balaban J connectivity index is 1.42. The van der Waals surface area contributed by atoms with Crippen molar-refractivity contribution in [1.82, 2.24) is 10.9 Å². The SMILES string of the molecule is O=C(CSc1ccc(Cl)cc1)NNC(=O)CC1Sc2ccccc2NC1=O. The Hall–Kier alpha value is -2.16. The highest BCUT2D eigenvalue weighted by atomic mass is 35.5. The Bertz CT molecular complexity index is 861. The van der Waals surface area contributed by atoms with Gasteiger partial charge < -0.3 is 5.32 Å². The summed E-state index contributed by atoms with van der Waals surface area (Å²) in [6, 6.07) is 14.5. The minimum absolute atomic E-state index is 0.0323. The lowest BCUT2D eigenvalue weighted by Crippen LogP contribution is -2.44. The van der Waals surface area contributed by atoms with Crippen LogP contribution in [0.5, 0.6) is 0 Å². The van der Waals surface area contributed by atoms with Crippen LogP contribution in [0.25, 0.3) is 0 Å². The zero-order chi connectivity index (χ0) is 19.2. The highest BCUT2D eigenvalue weighted by molar-refractivity contribution is 8.01. The van der Waals surface area contributed by atoms with E-state index in [1.807, 2.05) is 36.4 Å². The van der Waals surface area contributed by atoms with Gasteiger partial charge in [0.1, 0.15) is 0 Å². The quantitative estimate of drug-likeness (QED) is 0.510. The third-order valence-electron chi connectivity index (χ3n) is 3.60. The number of hydrogen-bond acceptors (Lipinski definition) is 5. The van der Waals surface area contributed by atoms with Gasteiger partial charge in [0.2, 0.25) is 17.7 Å². The molecule has 1 aliphatic heterocycles. The van der Waals surface area contributed by atoms with Crippen molar-refractivity contribution in [3.05, 3.63) is 53.6 Å². The van der Waals surface area contributed by atoms with Crippen molar-refractivity contribution in [2.75, 3.05) is 11.1 Å². The molecule has 3 amide bonds. The van der Waals surface area contributed by atoms with Crippen LogP contribution < -0.4 is 16.2 Å². The van der Waals surface area contributed by atoms with Crippen LogP contribution in [0.2, 0.25) is 5.02 Å². The molecule has 0 radical (unpaired) electrons. The Morgan fingerprint density at radius 2 is 1.78 bits per heavy atom. The largest absolute Gasteiger partial charge is 0.324 e. The van der Waals surface area contributed by atoms with Crippen LogP contribution in [0.1, 0.15) is 6.42 Å². The zero-order valence-electron chi connectivity index (χ0n) is 14.0. The summed E-state index contributed by atoms with van der Waals surface area (Å²) in [7, 11) is 0. The monoisotopic (exact) mass is 421 g/mol. The molecule has 0 saturated carbocycles. The molecule has 0 spiro atoms. The van der Waals surface area contributed by atoms with Crippen LogP contribution in [-0.2, 0) is 14.4 Å². The molecular formula is C18H16ClN3O3S2. The van der Waals surface area contributed by atoms with E-state index in [1.54, 1.807) is 12.1 Å². The topological polar surface area (TPSA) is 87.3 Å². The fraction of sp³-hybridized carbons (Fsp3) is 0.167. The predicted octanol–water partition coefficient (Wildman–Crippen LogP) is 3.08. The molecule has 2 aromatic carbocycles. The fourth-order valence-corrected chi connectivity index (χ4v) is 4.24. The van der Waals surface area contributed by atoms with Crippen LogP contribution in [0.15, 0.2) is 58.3 Å². The minimum Gasteiger partial charge on any atom is -0.324 e. The molecule has 0 bridgehead atoms. The number of carbonyl (C=O) groups is 3. The molecule has 2 aromatic rings. The Labute approximate surface area is 169 Å². The second-order valence-corrected chi connectivity index (χ2v) is 8.36. The smallest absolute Gasteiger partial charge is 0.248 e. The summed E-state index contributed by atoms with van der Waals surface area (Å²) in [5.41, 5.74) is 5.46. The summed E-state index contributed by atoms with van der Waals surface area (Å²) in [6.07, 6.45) is -0.0323. The summed E-state index contributed by atoms with van der Waals surface area (Å²) in [5.74, 6) is -0.840. The van der Waals surface area contributed by atoms with Crippen molar-refractivity contribution in [1.29, 1.82) is 0 Å². The molecule has 0 saturated heterocycles. The van der Waals surface area contributed by atoms with Gasteiger partial charge >= 0.3 is 0 Å². The number of rotatable bonds is 5. The molecule has 9 heteroatoms. The van der Waals surface area contributed by atoms with Gasteiger partial charge in [-0.3, -0.25) is 25.2 Å². The Morgan fingerprint density at radius 1 is 1.07 bits per heavy atom. The maximum atomic E-state index is 12.1. The third kappa shape index (κ3) is 5.66. The number of carbonyl (C=O) groups excluding carboxylic acids is 3. The number of amides is 3. The van der Waals surface area contributed by atoms with Crippen molar-refractivity contribution in [2.45, 2.75) is 21.5 Å². The lowest BCUT2D eigenvalue weighted by molar-refractivity contribution is -0.128. The summed E-state index contributed by atoms with van der Waals surface area (Å²) in [6.45, 7) is 0. The maximum Gasteiger partial charge on any atom is 0.248 e. The van der Waals surface area contributed by atoms with Crippen molar-refractivity contribution >= 4 is 58.5 Å². The number of benzene rings is 2. The standard InChI is InChI=1S/C18H16ClN3O3S2/c19-11-5-7-12(8-6-11)26-10-17(24)22-21-16(23)9-15-18(25)20-13-3-1-2-4-14(13)27-15/h1-8,15H,9-10H2,(H,20,25)(H,21,23)(H,22,24). The number of thioether (sulfide) groups is 2. The van der Waals surface area contributed by atoms with E-state index in [0.29, 0.717) is 5.02 Å². The van der Waals surface area contributed by atoms with Crippen LogP contribution in [-0.4, -0.2) is 28.7 Å². The van der Waals surface area contributed by atoms with Crippen LogP contribution >= 0.6 is 35.1 Å². The second-order valence-electron chi connectivity index (χ2n) is 5.63. The van der Waals surface area contributed by atoms with Gasteiger partial charge in [-0.1, -0.05) is 23.7 Å². The van der Waals surface area contributed by atoms with Crippen LogP contribution in [0, 0.1) is 0 Å². The molecule has 0 fully saturated rings. The number of nitrogens with one attached hydrogen (secondary N) is 3. The van der Waals surface area contributed by atoms with Crippen molar-refractivity contribution < 1.29 is 14.4 Å². The predicted molar refractivity (Wildman–Crippen MR) is 108 cm³/mol. The normalized spacial score (nSPS) is 15.4. The van der Waals surface area contributed by atoms with Crippen molar-refractivity contribution in [3.63, 3.8) is 0 Å². The summed E-state index contributed by atoms with van der Waals surface area (Å²) in [5, 5.41) is 2.87. The first-order valence-corrected chi connectivity index (χ1v) is 10.3. The lowest BCUT2D eigenvalue weighted by Gasteiger charge is -2.23. The summed E-state index contributed by atoms with van der Waals surface area (Å²) >= 11 is 8.47. The zero-order valence-corrected chi connectivity index (χ0v) is 16.4. The highest BCUT2D eigenvalue weighted by Crippen LogP contribution is 2.36. The average molecular weight is 422 g/mol. The van der Waals surface area contributed by atoms with E-state index in [-0.39, 0.29) is 24.0 Å². The maximum absolute atomic E-state index is 12.1. The first-order valence-electron chi connectivity index (χ1n) is 8.04. The molecular weight excluding hydrogens is 406 g/mol. The molecule has 6 nitrogen and oxygen atoms in total. The van der Waals surface area contributed by atoms with Crippen molar-refractivity contribution in [3.8, 4) is 0 Å². The van der Waals surface area contributed by atoms with Gasteiger partial charge in [-0.05, 0) is 36.4 Å². The second kappa shape index (κ2) is 9.16. The van der Waals surface area contributed by atoms with E-state index in [9.17, 15) is 14.4 Å². The summed E-state index contributed by atoms with van der Waals surface area (Å²) < 4.78 is 0. The van der Waals surface area contributed by atoms with Gasteiger partial charge in [-0.2, -0.15) is 0 Å². The number of anilines is 1. The molecule has 3 N–H and O–H groups in total. The van der Waals surface area contributed by atoms with E-state index in [2.05, 4.69) is 16.2 Å². The molecule has 1 unspecified atom stereocenters. The molecule has 140 valence electrons. The average Bonchev–Trinajstić information content (AvgIpc) is 2.66. The van der Waals surface area contributed by atoms with E-state index in [4.69, 9.17) is 11.6 Å². The van der Waals surface area contributed by atoms with E-state index >= 15 is 0 Å². The van der Waals surface area contributed by atoms with Gasteiger partial charge in [0.15, 0.2) is 0 Å². The first-order chi connectivity index (χ1) is 13.0. The lowest BCUT2D eigenvalue weighted by atomic mass is 10.2. The van der Waals surface area contributed by atoms with Gasteiger partial charge in [0.05, 0.1) is 16.7 Å². The van der Waals surface area contributed by atoms with E-state index in [0.717, 1.165) is 15.5 Å². The molecule has 0 aromatic heterocycles. The number of fused-ring (bicyclic) bond motifs is 1. The number of para-hydroxylation sites is 1. The van der Waals surface area contributed by atoms with E-state index in [1.165, 1.54) is 23.5 Å². The van der Waals surface area contributed by atoms with E-state index < -0.39 is 11.2 Å². The van der Waals surface area contributed by atoms with Gasteiger partial charge in [-0.15, -0.1) is 23.5 Å². The van der Waals surface area contributed by atoms with Crippen LogP contribution in [0.3, 0.4) is 0 Å². The van der Waals surface area contributed by atoms with Gasteiger partial charge in [0.25, 0.3) is 0 Å². The third-order valence-corrected chi connectivity index (χ3v) is 6.14. The summed E-state index contributed by atoms with van der Waals surface area (Å²) in [4.78, 5) is 37.8. The fourth-order valence-electron chi connectivity index (χ4n) is 2.30. The molecule has 1 heterocycles.